The highest BCUT2D eigenvalue weighted by Crippen LogP contribution is 2.36. The lowest BCUT2D eigenvalue weighted by atomic mass is 9.78. The molecule has 5 heteroatoms. The summed E-state index contributed by atoms with van der Waals surface area (Å²) in [6.07, 6.45) is 7.43. The van der Waals surface area contributed by atoms with Crippen LogP contribution in [0.5, 0.6) is 5.75 Å². The second-order valence-electron chi connectivity index (χ2n) is 7.43. The Hall–Kier alpha value is -1.88. The number of likely N-dealkylation sites (tertiary alicyclic amines) is 1. The largest absolute Gasteiger partial charge is 0.487 e. The number of nitrogens with zero attached hydrogens (tertiary/aromatic N) is 2. The van der Waals surface area contributed by atoms with E-state index in [-0.39, 0.29) is 5.91 Å². The van der Waals surface area contributed by atoms with Crippen molar-refractivity contribution in [2.24, 2.45) is 5.92 Å². The first-order valence-corrected chi connectivity index (χ1v) is 10.5. The van der Waals surface area contributed by atoms with Gasteiger partial charge in [0.25, 0.3) is 5.91 Å². The van der Waals surface area contributed by atoms with Gasteiger partial charge < -0.3 is 9.64 Å². The molecule has 26 heavy (non-hydrogen) atoms. The molecule has 2 fully saturated rings. The summed E-state index contributed by atoms with van der Waals surface area (Å²) in [5.41, 5.74) is 1.67. The third-order valence-electron chi connectivity index (χ3n) is 5.64. The topological polar surface area (TPSA) is 42.4 Å². The molecule has 1 aliphatic carbocycles. The number of benzene rings is 1. The van der Waals surface area contributed by atoms with Gasteiger partial charge in [-0.1, -0.05) is 18.9 Å². The Morgan fingerprint density at radius 2 is 2.12 bits per heavy atom. The van der Waals surface area contributed by atoms with Gasteiger partial charge in [-0.05, 0) is 56.7 Å². The highest BCUT2D eigenvalue weighted by Gasteiger charge is 2.35. The number of fused-ring (bicyclic) bond motifs is 1. The molecule has 1 saturated heterocycles. The molecular weight excluding hydrogens is 344 g/mol. The quantitative estimate of drug-likeness (QED) is 0.774. The van der Waals surface area contributed by atoms with Crippen LogP contribution in [0.3, 0.4) is 0 Å². The number of ether oxygens (including phenoxy) is 1. The van der Waals surface area contributed by atoms with Crippen LogP contribution in [0.1, 0.15) is 59.6 Å². The SMILES string of the molecule is Cc1nc(COc2cccc(C(=O)N3CCC[C@@H]4CCCC[C@@H]43)c2)cs1. The monoisotopic (exact) mass is 370 g/mol. The highest BCUT2D eigenvalue weighted by molar-refractivity contribution is 7.09. The van der Waals surface area contributed by atoms with Crippen molar-refractivity contribution in [2.75, 3.05) is 6.54 Å². The zero-order chi connectivity index (χ0) is 17.9. The van der Waals surface area contributed by atoms with Crippen LogP contribution in [0, 0.1) is 12.8 Å². The fraction of sp³-hybridized carbons (Fsp3) is 0.524. The van der Waals surface area contributed by atoms with Gasteiger partial charge in [0, 0.05) is 23.5 Å². The first kappa shape index (κ1) is 17.5. The lowest BCUT2D eigenvalue weighted by Gasteiger charge is -2.44. The molecule has 1 amide bonds. The van der Waals surface area contributed by atoms with E-state index in [1.807, 2.05) is 36.6 Å². The fourth-order valence-electron chi connectivity index (χ4n) is 4.39. The Labute approximate surface area is 159 Å². The zero-order valence-electron chi connectivity index (χ0n) is 15.3. The Morgan fingerprint density at radius 3 is 2.96 bits per heavy atom. The average Bonchev–Trinajstić information content (AvgIpc) is 3.11. The summed E-state index contributed by atoms with van der Waals surface area (Å²) in [5, 5.41) is 3.06. The molecule has 2 heterocycles. The van der Waals surface area contributed by atoms with Gasteiger partial charge in [0.15, 0.2) is 0 Å². The van der Waals surface area contributed by atoms with E-state index in [2.05, 4.69) is 9.88 Å². The molecule has 0 unspecified atom stereocenters. The van der Waals surface area contributed by atoms with Gasteiger partial charge in [0.2, 0.25) is 0 Å². The number of hydrogen-bond acceptors (Lipinski definition) is 4. The molecule has 2 aromatic rings. The van der Waals surface area contributed by atoms with Gasteiger partial charge in [-0.15, -0.1) is 11.3 Å². The average molecular weight is 371 g/mol. The normalized spacial score (nSPS) is 22.7. The maximum atomic E-state index is 13.1. The van der Waals surface area contributed by atoms with Crippen LogP contribution in [0.4, 0.5) is 0 Å². The number of hydrogen-bond donors (Lipinski definition) is 0. The summed E-state index contributed by atoms with van der Waals surface area (Å²) < 4.78 is 5.86. The van der Waals surface area contributed by atoms with Crippen LogP contribution >= 0.6 is 11.3 Å². The Kier molecular flexibility index (Phi) is 5.25. The molecule has 2 atom stereocenters. The maximum Gasteiger partial charge on any atom is 0.254 e. The standard InChI is InChI=1S/C21H26N2O2S/c1-15-22-18(14-26-15)13-25-19-9-4-7-17(12-19)21(24)23-11-5-8-16-6-2-3-10-20(16)23/h4,7,9,12,14,16,20H,2-3,5-6,8,10-11,13H2,1H3/t16-,20-/m0/s1. The van der Waals surface area contributed by atoms with E-state index in [9.17, 15) is 4.79 Å². The number of amides is 1. The molecule has 0 radical (unpaired) electrons. The smallest absolute Gasteiger partial charge is 0.254 e. The number of aryl methyl sites for hydroxylation is 1. The van der Waals surface area contributed by atoms with E-state index in [4.69, 9.17) is 4.74 Å². The molecule has 1 aliphatic heterocycles. The summed E-state index contributed by atoms with van der Waals surface area (Å²) in [5.74, 6) is 1.60. The van der Waals surface area contributed by atoms with Crippen molar-refractivity contribution in [1.29, 1.82) is 0 Å². The number of carbonyl (C=O) groups is 1. The first-order valence-electron chi connectivity index (χ1n) is 9.65. The molecule has 1 aromatic heterocycles. The summed E-state index contributed by atoms with van der Waals surface area (Å²) in [4.78, 5) is 19.7. The van der Waals surface area contributed by atoms with Crippen molar-refractivity contribution in [3.05, 3.63) is 45.9 Å². The van der Waals surface area contributed by atoms with E-state index in [0.717, 1.165) is 41.4 Å². The number of thiazole rings is 1. The van der Waals surface area contributed by atoms with Crippen LogP contribution in [-0.4, -0.2) is 28.4 Å². The number of aromatic nitrogens is 1. The molecule has 2 aliphatic rings. The van der Waals surface area contributed by atoms with E-state index < -0.39 is 0 Å². The third-order valence-corrected chi connectivity index (χ3v) is 6.46. The van der Waals surface area contributed by atoms with Gasteiger partial charge in [-0.2, -0.15) is 0 Å². The minimum absolute atomic E-state index is 0.163. The third kappa shape index (κ3) is 3.78. The maximum absolute atomic E-state index is 13.1. The van der Waals surface area contributed by atoms with Crippen molar-refractivity contribution in [3.63, 3.8) is 0 Å². The first-order chi connectivity index (χ1) is 12.7. The molecule has 0 bridgehead atoms. The van der Waals surface area contributed by atoms with Crippen LogP contribution in [0.25, 0.3) is 0 Å². The molecule has 138 valence electrons. The van der Waals surface area contributed by atoms with Crippen molar-refractivity contribution in [2.45, 2.75) is 58.1 Å². The predicted molar refractivity (Wildman–Crippen MR) is 104 cm³/mol. The molecule has 0 N–H and O–H groups in total. The summed E-state index contributed by atoms with van der Waals surface area (Å²) in [6, 6.07) is 8.06. The molecule has 1 saturated carbocycles. The Balaban J connectivity index is 1.45. The van der Waals surface area contributed by atoms with Gasteiger partial charge in [0.05, 0.1) is 10.7 Å². The highest BCUT2D eigenvalue weighted by atomic mass is 32.1. The van der Waals surface area contributed by atoms with Crippen molar-refractivity contribution >= 4 is 17.2 Å². The van der Waals surface area contributed by atoms with E-state index >= 15 is 0 Å². The van der Waals surface area contributed by atoms with Gasteiger partial charge in [0.1, 0.15) is 12.4 Å². The van der Waals surface area contributed by atoms with Crippen LogP contribution in [-0.2, 0) is 6.61 Å². The predicted octanol–water partition coefficient (Wildman–Crippen LogP) is 4.83. The lowest BCUT2D eigenvalue weighted by Crippen LogP contribution is -2.49. The summed E-state index contributed by atoms with van der Waals surface area (Å²) in [6.45, 7) is 3.32. The molecule has 0 spiro atoms. The van der Waals surface area contributed by atoms with Crippen LogP contribution in [0.15, 0.2) is 29.6 Å². The Morgan fingerprint density at radius 1 is 1.27 bits per heavy atom. The number of rotatable bonds is 4. The van der Waals surface area contributed by atoms with Crippen LogP contribution < -0.4 is 4.74 Å². The van der Waals surface area contributed by atoms with E-state index in [0.29, 0.717) is 18.6 Å². The Bertz CT molecular complexity index is 771. The number of piperidine rings is 1. The summed E-state index contributed by atoms with van der Waals surface area (Å²) in [7, 11) is 0. The molecular formula is C21H26N2O2S. The second kappa shape index (κ2) is 7.78. The summed E-state index contributed by atoms with van der Waals surface area (Å²) >= 11 is 1.62. The second-order valence-corrected chi connectivity index (χ2v) is 8.49. The minimum atomic E-state index is 0.163. The fourth-order valence-corrected chi connectivity index (χ4v) is 4.99. The van der Waals surface area contributed by atoms with Gasteiger partial charge in [-0.25, -0.2) is 4.98 Å². The van der Waals surface area contributed by atoms with E-state index in [1.165, 1.54) is 25.7 Å². The lowest BCUT2D eigenvalue weighted by molar-refractivity contribution is 0.0390. The van der Waals surface area contributed by atoms with E-state index in [1.54, 1.807) is 11.3 Å². The van der Waals surface area contributed by atoms with Gasteiger partial charge >= 0.3 is 0 Å². The molecule has 4 rings (SSSR count). The van der Waals surface area contributed by atoms with Crippen molar-refractivity contribution < 1.29 is 9.53 Å². The number of carbonyl (C=O) groups excluding carboxylic acids is 1. The zero-order valence-corrected chi connectivity index (χ0v) is 16.1. The minimum Gasteiger partial charge on any atom is -0.487 e. The molecule has 4 nitrogen and oxygen atoms in total. The molecule has 1 aromatic carbocycles. The van der Waals surface area contributed by atoms with Crippen LogP contribution in [0.2, 0.25) is 0 Å². The van der Waals surface area contributed by atoms with Crippen molar-refractivity contribution in [3.8, 4) is 5.75 Å². The van der Waals surface area contributed by atoms with Gasteiger partial charge in [-0.3, -0.25) is 4.79 Å². The van der Waals surface area contributed by atoms with Crippen molar-refractivity contribution in [1.82, 2.24) is 9.88 Å².